The predicted molar refractivity (Wildman–Crippen MR) is 116 cm³/mol. The molecule has 0 aliphatic rings. The molecular formula is C22H18ClF2N3O4. The molecule has 0 spiro atoms. The lowest BCUT2D eigenvalue weighted by Gasteiger charge is -2.17. The van der Waals surface area contributed by atoms with Crippen LogP contribution in [-0.4, -0.2) is 27.2 Å². The van der Waals surface area contributed by atoms with Gasteiger partial charge in [0.15, 0.2) is 5.02 Å². The van der Waals surface area contributed by atoms with Crippen molar-refractivity contribution in [3.63, 3.8) is 0 Å². The summed E-state index contributed by atoms with van der Waals surface area (Å²) in [6.07, 6.45) is 1.53. The number of carbonyl (C=O) groups is 1. The summed E-state index contributed by atoms with van der Waals surface area (Å²) in [4.78, 5) is 28.7. The van der Waals surface area contributed by atoms with Crippen molar-refractivity contribution in [2.24, 2.45) is 0 Å². The van der Waals surface area contributed by atoms with Crippen molar-refractivity contribution >= 4 is 23.5 Å². The van der Waals surface area contributed by atoms with E-state index in [1.54, 1.807) is 13.0 Å². The minimum absolute atomic E-state index is 0.0134. The Labute approximate surface area is 186 Å². The fourth-order valence-corrected chi connectivity index (χ4v) is 3.03. The van der Waals surface area contributed by atoms with E-state index in [0.29, 0.717) is 11.6 Å². The first-order chi connectivity index (χ1) is 15.2. The first-order valence-corrected chi connectivity index (χ1v) is 9.69. The number of hydrogen-bond acceptors (Lipinski definition) is 5. The van der Waals surface area contributed by atoms with Gasteiger partial charge in [0.2, 0.25) is 11.8 Å². The zero-order valence-corrected chi connectivity index (χ0v) is 17.6. The highest BCUT2D eigenvalue weighted by Gasteiger charge is 2.20. The molecule has 3 aromatic rings. The second kappa shape index (κ2) is 9.61. The number of aromatic nitrogens is 2. The summed E-state index contributed by atoms with van der Waals surface area (Å²) in [6.45, 7) is 5.17. The molecule has 1 aromatic heterocycles. The van der Waals surface area contributed by atoms with Gasteiger partial charge in [-0.1, -0.05) is 23.7 Å². The SMILES string of the molecule is C=CCNc1nc(OCc2ccc(F)cc2F)c(Cl)c(=O)n1-c1cc(C(=O)O)ccc1C. The average molecular weight is 462 g/mol. The number of anilines is 1. The van der Waals surface area contributed by atoms with Crippen molar-refractivity contribution in [2.45, 2.75) is 13.5 Å². The molecule has 10 heteroatoms. The van der Waals surface area contributed by atoms with Crippen LogP contribution in [-0.2, 0) is 6.61 Å². The molecule has 0 aliphatic carbocycles. The predicted octanol–water partition coefficient (Wildman–Crippen LogP) is 4.35. The molecule has 0 aliphatic heterocycles. The highest BCUT2D eigenvalue weighted by atomic mass is 35.5. The van der Waals surface area contributed by atoms with Gasteiger partial charge in [-0.2, -0.15) is 4.98 Å². The molecule has 0 saturated carbocycles. The topological polar surface area (TPSA) is 93.5 Å². The minimum Gasteiger partial charge on any atom is -0.478 e. The number of aromatic carboxylic acids is 1. The van der Waals surface area contributed by atoms with Crippen LogP contribution < -0.4 is 15.6 Å². The number of hydrogen-bond donors (Lipinski definition) is 2. The second-order valence-electron chi connectivity index (χ2n) is 6.70. The van der Waals surface area contributed by atoms with E-state index in [4.69, 9.17) is 16.3 Å². The van der Waals surface area contributed by atoms with Crippen LogP contribution in [0.25, 0.3) is 5.69 Å². The van der Waals surface area contributed by atoms with Gasteiger partial charge in [0.25, 0.3) is 5.56 Å². The Bertz CT molecular complexity index is 1260. The highest BCUT2D eigenvalue weighted by Crippen LogP contribution is 2.26. The van der Waals surface area contributed by atoms with Crippen molar-refractivity contribution in [1.82, 2.24) is 9.55 Å². The summed E-state index contributed by atoms with van der Waals surface area (Å²) in [5.74, 6) is -2.98. The van der Waals surface area contributed by atoms with Gasteiger partial charge in [0.05, 0.1) is 11.3 Å². The number of nitrogens with zero attached hydrogens (tertiary/aromatic N) is 2. The molecule has 0 fully saturated rings. The van der Waals surface area contributed by atoms with Gasteiger partial charge in [-0.25, -0.2) is 18.1 Å². The number of carboxylic acids is 1. The summed E-state index contributed by atoms with van der Waals surface area (Å²) < 4.78 is 33.6. The van der Waals surface area contributed by atoms with E-state index < -0.39 is 28.2 Å². The number of carboxylic acid groups (broad SMARTS) is 1. The van der Waals surface area contributed by atoms with Crippen LogP contribution >= 0.6 is 11.6 Å². The maximum atomic E-state index is 13.9. The fourth-order valence-electron chi connectivity index (χ4n) is 2.85. The zero-order chi connectivity index (χ0) is 23.4. The molecule has 0 amide bonds. The van der Waals surface area contributed by atoms with Crippen LogP contribution in [0.5, 0.6) is 5.88 Å². The standard InChI is InChI=1S/C22H18ClF2N3O4/c1-3-8-26-22-27-19(32-11-14-6-7-15(24)10-16(14)25)18(23)20(29)28(22)17-9-13(21(30)31)5-4-12(17)2/h3-7,9-10H,1,8,11H2,2H3,(H,26,27)(H,30,31). The molecule has 1 heterocycles. The summed E-state index contributed by atoms with van der Waals surface area (Å²) in [6, 6.07) is 7.28. The lowest BCUT2D eigenvalue weighted by atomic mass is 10.1. The molecular weight excluding hydrogens is 444 g/mol. The molecule has 7 nitrogen and oxygen atoms in total. The van der Waals surface area contributed by atoms with Gasteiger partial charge >= 0.3 is 5.97 Å². The summed E-state index contributed by atoms with van der Waals surface area (Å²) in [7, 11) is 0. The van der Waals surface area contributed by atoms with Gasteiger partial charge in [-0.3, -0.25) is 4.79 Å². The molecule has 0 saturated heterocycles. The van der Waals surface area contributed by atoms with Crippen LogP contribution in [0.2, 0.25) is 5.02 Å². The van der Waals surface area contributed by atoms with Crippen molar-refractivity contribution in [1.29, 1.82) is 0 Å². The Morgan fingerprint density at radius 1 is 1.31 bits per heavy atom. The van der Waals surface area contributed by atoms with Crippen LogP contribution in [0.15, 0.2) is 53.8 Å². The van der Waals surface area contributed by atoms with Crippen molar-refractivity contribution in [3.8, 4) is 11.6 Å². The largest absolute Gasteiger partial charge is 0.478 e. The van der Waals surface area contributed by atoms with Gasteiger partial charge in [0.1, 0.15) is 18.2 Å². The normalized spacial score (nSPS) is 10.6. The Morgan fingerprint density at radius 2 is 2.06 bits per heavy atom. The molecule has 0 bridgehead atoms. The Kier molecular flexibility index (Phi) is 6.89. The average Bonchev–Trinajstić information content (AvgIpc) is 2.75. The lowest BCUT2D eigenvalue weighted by molar-refractivity contribution is 0.0697. The van der Waals surface area contributed by atoms with Gasteiger partial charge < -0.3 is 15.2 Å². The van der Waals surface area contributed by atoms with Gasteiger partial charge in [0, 0.05) is 18.2 Å². The summed E-state index contributed by atoms with van der Waals surface area (Å²) >= 11 is 6.20. The smallest absolute Gasteiger partial charge is 0.335 e. The van der Waals surface area contributed by atoms with E-state index in [1.165, 1.54) is 24.3 Å². The molecule has 166 valence electrons. The number of aryl methyl sites for hydroxylation is 1. The maximum absolute atomic E-state index is 13.9. The maximum Gasteiger partial charge on any atom is 0.335 e. The van der Waals surface area contributed by atoms with Crippen molar-refractivity contribution in [3.05, 3.63) is 92.8 Å². The highest BCUT2D eigenvalue weighted by molar-refractivity contribution is 6.31. The van der Waals surface area contributed by atoms with E-state index in [1.807, 2.05) is 0 Å². The van der Waals surface area contributed by atoms with E-state index in [2.05, 4.69) is 16.9 Å². The number of rotatable bonds is 8. The van der Waals surface area contributed by atoms with Gasteiger partial charge in [-0.15, -0.1) is 6.58 Å². The quantitative estimate of drug-likeness (QED) is 0.484. The monoisotopic (exact) mass is 461 g/mol. The van der Waals surface area contributed by atoms with Crippen LogP contribution in [0, 0.1) is 18.6 Å². The molecule has 0 unspecified atom stereocenters. The Balaban J connectivity index is 2.09. The minimum atomic E-state index is -1.17. The second-order valence-corrected chi connectivity index (χ2v) is 7.07. The molecule has 3 rings (SSSR count). The molecule has 0 radical (unpaired) electrons. The number of ether oxygens (including phenoxy) is 1. The Morgan fingerprint density at radius 3 is 2.72 bits per heavy atom. The molecule has 2 N–H and O–H groups in total. The number of nitrogens with one attached hydrogen (secondary N) is 1. The summed E-state index contributed by atoms with van der Waals surface area (Å²) in [5, 5.41) is 11.8. The molecule has 0 atom stereocenters. The van der Waals surface area contributed by atoms with Crippen LogP contribution in [0.4, 0.5) is 14.7 Å². The van der Waals surface area contributed by atoms with E-state index >= 15 is 0 Å². The fraction of sp³-hybridized carbons (Fsp3) is 0.136. The van der Waals surface area contributed by atoms with Crippen molar-refractivity contribution in [2.75, 3.05) is 11.9 Å². The number of halogens is 3. The first kappa shape index (κ1) is 23.0. The molecule has 32 heavy (non-hydrogen) atoms. The van der Waals surface area contributed by atoms with E-state index in [-0.39, 0.29) is 41.8 Å². The third-order valence-corrected chi connectivity index (χ3v) is 4.80. The lowest BCUT2D eigenvalue weighted by Crippen LogP contribution is -2.26. The van der Waals surface area contributed by atoms with E-state index in [9.17, 15) is 23.5 Å². The summed E-state index contributed by atoms with van der Waals surface area (Å²) in [5.41, 5.74) is 0.133. The third kappa shape index (κ3) is 4.78. The van der Waals surface area contributed by atoms with Crippen LogP contribution in [0.3, 0.4) is 0 Å². The number of benzene rings is 2. The zero-order valence-electron chi connectivity index (χ0n) is 16.9. The van der Waals surface area contributed by atoms with Gasteiger partial charge in [-0.05, 0) is 36.8 Å². The Hall–Kier alpha value is -3.72. The third-order valence-electron chi connectivity index (χ3n) is 4.48. The van der Waals surface area contributed by atoms with E-state index in [0.717, 1.165) is 10.6 Å². The molecule has 2 aromatic carbocycles. The first-order valence-electron chi connectivity index (χ1n) is 9.31. The van der Waals surface area contributed by atoms with Crippen LogP contribution in [0.1, 0.15) is 21.5 Å². The van der Waals surface area contributed by atoms with Crippen molar-refractivity contribution < 1.29 is 23.4 Å².